The first-order valence-electron chi connectivity index (χ1n) is 15.4. The zero-order chi connectivity index (χ0) is 32.9. The number of likely N-dealkylation sites (tertiary alicyclic amines) is 1. The molecule has 0 aliphatic carbocycles. The van der Waals surface area contributed by atoms with Gasteiger partial charge in [-0.1, -0.05) is 46.5 Å². The van der Waals surface area contributed by atoms with Crippen molar-refractivity contribution in [3.05, 3.63) is 53.5 Å². The lowest BCUT2D eigenvalue weighted by Crippen LogP contribution is -2.51. The lowest BCUT2D eigenvalue weighted by atomic mass is 9.76. The summed E-state index contributed by atoms with van der Waals surface area (Å²) in [7, 11) is -5.57. The van der Waals surface area contributed by atoms with Crippen molar-refractivity contribution in [2.45, 2.75) is 94.7 Å². The molecule has 0 bridgehead atoms. The van der Waals surface area contributed by atoms with E-state index in [9.17, 15) is 23.6 Å². The van der Waals surface area contributed by atoms with Gasteiger partial charge in [0.2, 0.25) is 9.84 Å². The number of hydrogen-bond acceptors (Lipinski definition) is 6. The van der Waals surface area contributed by atoms with Gasteiger partial charge in [-0.3, -0.25) is 0 Å². The highest BCUT2D eigenvalue weighted by Crippen LogP contribution is 2.46. The normalized spacial score (nSPS) is 18.0. The van der Waals surface area contributed by atoms with E-state index in [1.54, 1.807) is 31.5 Å². The summed E-state index contributed by atoms with van der Waals surface area (Å²) in [4.78, 5) is 21.8. The Balaban J connectivity index is 1.80. The highest BCUT2D eigenvalue weighted by molar-refractivity contribution is 7.91. The van der Waals surface area contributed by atoms with Gasteiger partial charge in [0.05, 0.1) is 22.0 Å². The second-order valence-electron chi connectivity index (χ2n) is 14.4. The minimum atomic E-state index is -4.18. The summed E-state index contributed by atoms with van der Waals surface area (Å²) in [5.74, 6) is -0.281. The summed E-state index contributed by atoms with van der Waals surface area (Å²) < 4.78 is 38.1. The van der Waals surface area contributed by atoms with Crippen LogP contribution in [0.1, 0.15) is 56.4 Å². The van der Waals surface area contributed by atoms with E-state index in [0.717, 1.165) is 11.4 Å². The lowest BCUT2D eigenvalue weighted by molar-refractivity contribution is 0.0484. The van der Waals surface area contributed by atoms with Crippen LogP contribution in [0.5, 0.6) is 0 Å². The number of H-pyrrole nitrogens is 1. The van der Waals surface area contributed by atoms with Crippen LogP contribution in [0.15, 0.2) is 46.5 Å². The maximum absolute atomic E-state index is 14.9. The molecule has 45 heavy (non-hydrogen) atoms. The third-order valence-corrected chi connectivity index (χ3v) is 12.6. The third-order valence-electron chi connectivity index (χ3n) is 8.92. The first-order valence-corrected chi connectivity index (χ1v) is 20.5. The molecule has 1 saturated heterocycles. The van der Waals surface area contributed by atoms with Crippen molar-refractivity contribution < 1.29 is 23.1 Å². The molecule has 4 aromatic rings. The number of nitrogens with one attached hydrogen (secondary N) is 1. The van der Waals surface area contributed by atoms with Crippen molar-refractivity contribution in [1.29, 1.82) is 5.26 Å². The second-order valence-corrected chi connectivity index (χ2v) is 21.9. The fraction of sp³-hybridized carbons (Fsp3) is 0.485. The first-order chi connectivity index (χ1) is 21.0. The summed E-state index contributed by atoms with van der Waals surface area (Å²) in [6, 6.07) is 9.31. The Morgan fingerprint density at radius 3 is 2.60 bits per heavy atom. The molecule has 5 rings (SSSR count). The third kappa shape index (κ3) is 6.26. The SMILES string of the molecule is Cc1ccc(C#N)cc1S(=O)(=O)c1c(C2CCN(C(=O)O)C(C(C)(C)C)C2)n(COCC[Si](C)(C)C)c2c1cnc1[nH]ccc12. The Hall–Kier alpha value is -3.66. The van der Waals surface area contributed by atoms with Crippen LogP contribution in [-0.2, 0) is 21.3 Å². The average molecular weight is 650 g/mol. The molecule has 0 saturated carbocycles. The van der Waals surface area contributed by atoms with Crippen molar-refractivity contribution in [3.63, 3.8) is 0 Å². The number of sulfone groups is 1. The van der Waals surface area contributed by atoms with Crippen LogP contribution in [0, 0.1) is 23.7 Å². The van der Waals surface area contributed by atoms with Gasteiger partial charge in [0.25, 0.3) is 0 Å². The molecule has 12 heteroatoms. The molecule has 1 aromatic carbocycles. The highest BCUT2D eigenvalue weighted by Gasteiger charge is 2.43. The minimum absolute atomic E-state index is 0.0750. The zero-order valence-corrected chi connectivity index (χ0v) is 29.0. The fourth-order valence-corrected chi connectivity index (χ4v) is 9.26. The standard InChI is InChI=1S/C33H43N5O5SSi/c1-21-8-9-22(18-34)16-26(21)44(41,42)30-25-19-36-31-24(10-12-35-31)29(25)38(20-43-14-15-45(5,6)7)28(30)23-11-13-37(32(39)40)27(17-23)33(2,3)4/h8-10,12,16,19,23,27H,11,13-15,17,20H2,1-7H3,(H,35,36)(H,39,40). The molecular weight excluding hydrogens is 607 g/mol. The number of aromatic nitrogens is 3. The number of ether oxygens (including phenoxy) is 1. The maximum Gasteiger partial charge on any atom is 0.407 e. The summed E-state index contributed by atoms with van der Waals surface area (Å²) in [5, 5.41) is 21.0. The Kier molecular flexibility index (Phi) is 8.67. The molecule has 1 fully saturated rings. The highest BCUT2D eigenvalue weighted by atomic mass is 32.2. The van der Waals surface area contributed by atoms with E-state index < -0.39 is 24.0 Å². The Labute approximate surface area is 265 Å². The van der Waals surface area contributed by atoms with Crippen molar-refractivity contribution >= 4 is 45.9 Å². The number of aromatic amines is 1. The molecule has 4 heterocycles. The van der Waals surface area contributed by atoms with Gasteiger partial charge in [-0.05, 0) is 55.0 Å². The van der Waals surface area contributed by atoms with Crippen LogP contribution in [0.4, 0.5) is 4.79 Å². The van der Waals surface area contributed by atoms with E-state index in [4.69, 9.17) is 4.74 Å². The van der Waals surface area contributed by atoms with E-state index in [1.165, 1.54) is 11.0 Å². The summed E-state index contributed by atoms with van der Waals surface area (Å²) in [6.45, 7) is 15.6. The minimum Gasteiger partial charge on any atom is -0.465 e. The predicted octanol–water partition coefficient (Wildman–Crippen LogP) is 7.11. The van der Waals surface area contributed by atoms with Crippen molar-refractivity contribution in [3.8, 4) is 6.07 Å². The number of carboxylic acid groups (broad SMARTS) is 1. The fourth-order valence-electron chi connectivity index (χ4n) is 6.52. The number of carbonyl (C=O) groups is 1. The van der Waals surface area contributed by atoms with Crippen LogP contribution in [0.2, 0.25) is 25.7 Å². The number of benzene rings is 1. The van der Waals surface area contributed by atoms with E-state index in [2.05, 4.69) is 35.7 Å². The van der Waals surface area contributed by atoms with E-state index in [0.29, 0.717) is 47.3 Å². The summed E-state index contributed by atoms with van der Waals surface area (Å²) in [5.41, 5.74) is 2.37. The van der Waals surface area contributed by atoms with Gasteiger partial charge < -0.3 is 24.3 Å². The number of aryl methyl sites for hydroxylation is 1. The monoisotopic (exact) mass is 649 g/mol. The topological polar surface area (TPSA) is 141 Å². The van der Waals surface area contributed by atoms with Crippen molar-refractivity contribution in [2.24, 2.45) is 5.41 Å². The molecular formula is C33H43N5O5SSi. The van der Waals surface area contributed by atoms with Gasteiger partial charge in [-0.2, -0.15) is 5.26 Å². The predicted molar refractivity (Wildman–Crippen MR) is 177 cm³/mol. The van der Waals surface area contributed by atoms with Crippen LogP contribution in [0.3, 0.4) is 0 Å². The lowest BCUT2D eigenvalue weighted by Gasteiger charge is -2.45. The van der Waals surface area contributed by atoms with Crippen LogP contribution >= 0.6 is 0 Å². The van der Waals surface area contributed by atoms with E-state index >= 15 is 0 Å². The van der Waals surface area contributed by atoms with Crippen LogP contribution in [0.25, 0.3) is 21.9 Å². The number of amides is 1. The van der Waals surface area contributed by atoms with Gasteiger partial charge in [-0.25, -0.2) is 18.2 Å². The number of fused-ring (bicyclic) bond motifs is 3. The van der Waals surface area contributed by atoms with Crippen molar-refractivity contribution in [1.82, 2.24) is 19.4 Å². The van der Waals surface area contributed by atoms with E-state index in [-0.39, 0.29) is 46.0 Å². The Morgan fingerprint density at radius 1 is 1.22 bits per heavy atom. The number of piperidine rings is 1. The molecule has 3 aromatic heterocycles. The molecule has 240 valence electrons. The van der Waals surface area contributed by atoms with Gasteiger partial charge in [0.1, 0.15) is 17.3 Å². The van der Waals surface area contributed by atoms with Gasteiger partial charge in [0.15, 0.2) is 0 Å². The number of rotatable bonds is 8. The van der Waals surface area contributed by atoms with Crippen LogP contribution in [-0.4, -0.2) is 66.3 Å². The van der Waals surface area contributed by atoms with Crippen LogP contribution < -0.4 is 0 Å². The molecule has 0 spiro atoms. The molecule has 2 atom stereocenters. The quantitative estimate of drug-likeness (QED) is 0.153. The second kappa shape index (κ2) is 11.9. The summed E-state index contributed by atoms with van der Waals surface area (Å²) >= 11 is 0. The molecule has 1 aliphatic rings. The van der Waals surface area contributed by atoms with Crippen molar-refractivity contribution in [2.75, 3.05) is 13.2 Å². The molecule has 10 nitrogen and oxygen atoms in total. The zero-order valence-electron chi connectivity index (χ0n) is 27.1. The van der Waals surface area contributed by atoms with Gasteiger partial charge in [0, 0.05) is 62.0 Å². The van der Waals surface area contributed by atoms with E-state index in [1.807, 2.05) is 31.4 Å². The number of hydrogen-bond donors (Lipinski definition) is 2. The Morgan fingerprint density at radius 2 is 1.96 bits per heavy atom. The molecule has 1 aliphatic heterocycles. The molecule has 2 unspecified atom stereocenters. The molecule has 1 amide bonds. The summed E-state index contributed by atoms with van der Waals surface area (Å²) in [6.07, 6.45) is 3.33. The molecule has 2 N–H and O–H groups in total. The number of pyridine rings is 1. The maximum atomic E-state index is 14.9. The molecule has 0 radical (unpaired) electrons. The number of nitrogens with zero attached hydrogens (tertiary/aromatic N) is 4. The smallest absolute Gasteiger partial charge is 0.407 e. The Bertz CT molecular complexity index is 1910. The first kappa shape index (κ1) is 32.7. The van der Waals surface area contributed by atoms with Gasteiger partial charge >= 0.3 is 6.09 Å². The van der Waals surface area contributed by atoms with Gasteiger partial charge in [-0.15, -0.1) is 0 Å². The number of nitriles is 1. The average Bonchev–Trinajstić information content (AvgIpc) is 3.57. The largest absolute Gasteiger partial charge is 0.465 e.